The molecule has 2 N–H and O–H groups in total. The Morgan fingerprint density at radius 2 is 1.92 bits per heavy atom. The monoisotopic (exact) mass is 374 g/mol. The molecule has 1 unspecified atom stereocenters. The van der Waals surface area contributed by atoms with E-state index in [1.807, 2.05) is 11.8 Å². The molecule has 0 spiro atoms. The van der Waals surface area contributed by atoms with Crippen LogP contribution in [0.3, 0.4) is 0 Å². The number of nitrogens with zero attached hydrogens (tertiary/aromatic N) is 2. The van der Waals surface area contributed by atoms with E-state index < -0.39 is 0 Å². The molecule has 140 valence electrons. The number of unbranched alkanes of at least 4 members (excludes halogenated alkanes) is 1. The van der Waals surface area contributed by atoms with Crippen molar-refractivity contribution >= 4 is 29.5 Å². The first kappa shape index (κ1) is 18.8. The van der Waals surface area contributed by atoms with Crippen molar-refractivity contribution in [3.63, 3.8) is 0 Å². The number of thioether (sulfide) groups is 1. The predicted molar refractivity (Wildman–Crippen MR) is 106 cm³/mol. The molecule has 3 rings (SSSR count). The molecule has 0 saturated carbocycles. The highest BCUT2D eigenvalue weighted by molar-refractivity contribution is 8.00. The summed E-state index contributed by atoms with van der Waals surface area (Å²) in [4.78, 5) is 30.2. The van der Waals surface area contributed by atoms with Gasteiger partial charge in [-0.05, 0) is 43.6 Å². The van der Waals surface area contributed by atoms with Crippen LogP contribution < -0.4 is 10.6 Å². The van der Waals surface area contributed by atoms with E-state index in [0.717, 1.165) is 31.9 Å². The molecule has 2 amide bonds. The second-order valence-electron chi connectivity index (χ2n) is 6.53. The number of amides is 2. The standard InChI is InChI=1S/C19H26N4O2S/c1-20-19(22-13-14-7-6-12-26-14)21-10-4-5-11-23-17(24)15-8-2-3-9-16(15)18(23)25/h2-3,8-9,14H,4-7,10-13H2,1H3,(H2,20,21,22). The van der Waals surface area contributed by atoms with E-state index in [1.54, 1.807) is 31.3 Å². The average Bonchev–Trinajstić information content (AvgIpc) is 3.26. The molecule has 2 aliphatic rings. The van der Waals surface area contributed by atoms with Gasteiger partial charge < -0.3 is 10.6 Å². The summed E-state index contributed by atoms with van der Waals surface area (Å²) in [5.41, 5.74) is 1.04. The van der Waals surface area contributed by atoms with Gasteiger partial charge in [0.25, 0.3) is 11.8 Å². The van der Waals surface area contributed by atoms with Crippen LogP contribution in [0.5, 0.6) is 0 Å². The molecule has 1 aromatic carbocycles. The fraction of sp³-hybridized carbons (Fsp3) is 0.526. The van der Waals surface area contributed by atoms with Crippen molar-refractivity contribution in [1.82, 2.24) is 15.5 Å². The third-order valence-corrected chi connectivity index (χ3v) is 6.12. The van der Waals surface area contributed by atoms with E-state index in [0.29, 0.717) is 22.9 Å². The number of guanidine groups is 1. The molecule has 0 radical (unpaired) electrons. The van der Waals surface area contributed by atoms with Gasteiger partial charge in [-0.3, -0.25) is 19.5 Å². The van der Waals surface area contributed by atoms with Crippen LogP contribution in [0.2, 0.25) is 0 Å². The van der Waals surface area contributed by atoms with Crippen LogP contribution in [0.15, 0.2) is 29.3 Å². The predicted octanol–water partition coefficient (Wildman–Crippen LogP) is 2.12. The van der Waals surface area contributed by atoms with Gasteiger partial charge >= 0.3 is 0 Å². The first-order valence-corrected chi connectivity index (χ1v) is 10.3. The zero-order chi connectivity index (χ0) is 18.4. The molecule has 6 nitrogen and oxygen atoms in total. The molecule has 1 saturated heterocycles. The van der Waals surface area contributed by atoms with Crippen molar-refractivity contribution < 1.29 is 9.59 Å². The minimum atomic E-state index is -0.176. The average molecular weight is 375 g/mol. The van der Waals surface area contributed by atoms with Crippen molar-refractivity contribution in [2.75, 3.05) is 32.4 Å². The summed E-state index contributed by atoms with van der Waals surface area (Å²) >= 11 is 2.02. The summed E-state index contributed by atoms with van der Waals surface area (Å²) in [5.74, 6) is 1.73. The number of aliphatic imine (C=N–C) groups is 1. The van der Waals surface area contributed by atoms with Gasteiger partial charge in [0.2, 0.25) is 0 Å². The Labute approximate surface area is 158 Å². The van der Waals surface area contributed by atoms with Crippen molar-refractivity contribution in [2.45, 2.75) is 30.9 Å². The van der Waals surface area contributed by atoms with Gasteiger partial charge in [-0.2, -0.15) is 11.8 Å². The Morgan fingerprint density at radius 3 is 2.54 bits per heavy atom. The summed E-state index contributed by atoms with van der Waals surface area (Å²) in [7, 11) is 1.77. The van der Waals surface area contributed by atoms with E-state index >= 15 is 0 Å². The zero-order valence-corrected chi connectivity index (χ0v) is 16.0. The highest BCUT2D eigenvalue weighted by Gasteiger charge is 2.34. The Bertz CT molecular complexity index is 651. The second-order valence-corrected chi connectivity index (χ2v) is 7.94. The fourth-order valence-electron chi connectivity index (χ4n) is 3.28. The van der Waals surface area contributed by atoms with Crippen molar-refractivity contribution in [2.24, 2.45) is 4.99 Å². The molecule has 2 aliphatic heterocycles. The molecule has 26 heavy (non-hydrogen) atoms. The minimum Gasteiger partial charge on any atom is -0.356 e. The third-order valence-electron chi connectivity index (χ3n) is 4.72. The molecule has 1 atom stereocenters. The minimum absolute atomic E-state index is 0.176. The van der Waals surface area contributed by atoms with Crippen LogP contribution in [-0.2, 0) is 0 Å². The number of hydrogen-bond acceptors (Lipinski definition) is 4. The van der Waals surface area contributed by atoms with Crippen LogP contribution >= 0.6 is 11.8 Å². The number of nitrogens with one attached hydrogen (secondary N) is 2. The lowest BCUT2D eigenvalue weighted by molar-refractivity contribution is 0.0652. The highest BCUT2D eigenvalue weighted by Crippen LogP contribution is 2.25. The van der Waals surface area contributed by atoms with E-state index in [9.17, 15) is 9.59 Å². The largest absolute Gasteiger partial charge is 0.356 e. The molecule has 7 heteroatoms. The maximum atomic E-state index is 12.3. The van der Waals surface area contributed by atoms with Gasteiger partial charge in [0, 0.05) is 31.9 Å². The quantitative estimate of drug-likeness (QED) is 0.331. The van der Waals surface area contributed by atoms with Gasteiger partial charge in [-0.1, -0.05) is 12.1 Å². The molecule has 0 bridgehead atoms. The summed E-state index contributed by atoms with van der Waals surface area (Å²) in [6.45, 7) is 2.17. The number of rotatable bonds is 7. The van der Waals surface area contributed by atoms with Gasteiger partial charge in [0.15, 0.2) is 5.96 Å². The molecule has 2 heterocycles. The smallest absolute Gasteiger partial charge is 0.261 e. The maximum absolute atomic E-state index is 12.3. The lowest BCUT2D eigenvalue weighted by atomic mass is 10.1. The molecule has 0 aliphatic carbocycles. The Hall–Kier alpha value is -2.02. The van der Waals surface area contributed by atoms with Crippen LogP contribution in [0.4, 0.5) is 0 Å². The van der Waals surface area contributed by atoms with Crippen molar-refractivity contribution in [3.05, 3.63) is 35.4 Å². The van der Waals surface area contributed by atoms with Gasteiger partial charge in [0.05, 0.1) is 11.1 Å². The van der Waals surface area contributed by atoms with E-state index in [2.05, 4.69) is 15.6 Å². The van der Waals surface area contributed by atoms with Crippen molar-refractivity contribution in [3.8, 4) is 0 Å². The first-order chi connectivity index (χ1) is 12.7. The molecule has 1 aromatic rings. The first-order valence-electron chi connectivity index (χ1n) is 9.22. The number of hydrogen-bond donors (Lipinski definition) is 2. The lowest BCUT2D eigenvalue weighted by Crippen LogP contribution is -2.40. The summed E-state index contributed by atoms with van der Waals surface area (Å²) < 4.78 is 0. The summed E-state index contributed by atoms with van der Waals surface area (Å²) in [6, 6.07) is 7.02. The van der Waals surface area contributed by atoms with Crippen LogP contribution in [-0.4, -0.2) is 60.4 Å². The molecular formula is C19H26N4O2S. The Kier molecular flexibility index (Phi) is 6.55. The van der Waals surface area contributed by atoms with E-state index in [-0.39, 0.29) is 11.8 Å². The zero-order valence-electron chi connectivity index (χ0n) is 15.2. The van der Waals surface area contributed by atoms with Crippen LogP contribution in [0.1, 0.15) is 46.4 Å². The van der Waals surface area contributed by atoms with Crippen molar-refractivity contribution in [1.29, 1.82) is 0 Å². The summed E-state index contributed by atoms with van der Waals surface area (Å²) in [6.07, 6.45) is 4.22. The van der Waals surface area contributed by atoms with E-state index in [1.165, 1.54) is 23.5 Å². The Balaban J connectivity index is 1.35. The van der Waals surface area contributed by atoms with Crippen LogP contribution in [0.25, 0.3) is 0 Å². The normalized spacial score (nSPS) is 19.8. The molecular weight excluding hydrogens is 348 g/mol. The maximum Gasteiger partial charge on any atom is 0.261 e. The summed E-state index contributed by atoms with van der Waals surface area (Å²) in [5, 5.41) is 7.35. The Morgan fingerprint density at radius 1 is 1.19 bits per heavy atom. The molecule has 0 aromatic heterocycles. The topological polar surface area (TPSA) is 73.8 Å². The highest BCUT2D eigenvalue weighted by atomic mass is 32.2. The SMILES string of the molecule is CN=C(NCCCCN1C(=O)c2ccccc2C1=O)NCC1CCCS1. The van der Waals surface area contributed by atoms with Gasteiger partial charge in [-0.25, -0.2) is 0 Å². The van der Waals surface area contributed by atoms with Crippen LogP contribution in [0, 0.1) is 0 Å². The number of benzene rings is 1. The number of carbonyl (C=O) groups excluding carboxylic acids is 2. The number of carbonyl (C=O) groups is 2. The third kappa shape index (κ3) is 4.38. The van der Waals surface area contributed by atoms with E-state index in [4.69, 9.17) is 0 Å². The number of fused-ring (bicyclic) bond motifs is 1. The molecule has 1 fully saturated rings. The van der Waals surface area contributed by atoms with Gasteiger partial charge in [0.1, 0.15) is 0 Å². The van der Waals surface area contributed by atoms with Gasteiger partial charge in [-0.15, -0.1) is 0 Å². The lowest BCUT2D eigenvalue weighted by Gasteiger charge is -2.16. The second kappa shape index (κ2) is 9.07. The number of imide groups is 1. The fourth-order valence-corrected chi connectivity index (χ4v) is 4.48.